The van der Waals surface area contributed by atoms with E-state index in [1.165, 1.54) is 4.90 Å². The molecule has 2 aliphatic heterocycles. The van der Waals surface area contributed by atoms with Crippen LogP contribution in [0.15, 0.2) is 16.7 Å². The van der Waals surface area contributed by atoms with Crippen molar-refractivity contribution in [1.82, 2.24) is 20.0 Å². The maximum Gasteiger partial charge on any atom is 0.412 e. The van der Waals surface area contributed by atoms with Crippen molar-refractivity contribution in [3.63, 3.8) is 0 Å². The highest BCUT2D eigenvalue weighted by Crippen LogP contribution is 2.36. The van der Waals surface area contributed by atoms with Crippen molar-refractivity contribution in [1.29, 1.82) is 0 Å². The highest BCUT2D eigenvalue weighted by molar-refractivity contribution is 9.10. The molecule has 2 amide bonds. The van der Waals surface area contributed by atoms with Crippen LogP contribution in [-0.2, 0) is 30.2 Å². The molecule has 39 heavy (non-hydrogen) atoms. The number of carbonyl (C=O) groups is 3. The maximum atomic E-state index is 12.6. The number of aromatic nitrogens is 2. The fourth-order valence-corrected chi connectivity index (χ4v) is 5.87. The smallest absolute Gasteiger partial charge is 0.412 e. The second kappa shape index (κ2) is 13.0. The van der Waals surface area contributed by atoms with Gasteiger partial charge in [-0.15, -0.1) is 0 Å². The topological polar surface area (TPSA) is 112 Å². The number of benzene rings is 1. The van der Waals surface area contributed by atoms with E-state index in [-0.39, 0.29) is 50.0 Å². The van der Waals surface area contributed by atoms with E-state index < -0.39 is 11.7 Å². The van der Waals surface area contributed by atoms with E-state index in [2.05, 4.69) is 26.3 Å². The number of halogens is 2. The lowest BCUT2D eigenvalue weighted by Gasteiger charge is -2.33. The van der Waals surface area contributed by atoms with Crippen molar-refractivity contribution in [3.8, 4) is 0 Å². The molecule has 12 heteroatoms. The zero-order valence-electron chi connectivity index (χ0n) is 22.6. The third-order valence-electron chi connectivity index (χ3n) is 6.66. The fraction of sp³-hybridized carbons (Fsp3) is 0.630. The summed E-state index contributed by atoms with van der Waals surface area (Å²) < 4.78 is 19.4. The number of carbonyl (C=O) groups excluding carboxylic acids is 3. The standard InChI is InChI=1S/C27H36BrClN4O6/c1-27(2,3)39-26(36)32-14-17(15-37-16-32)10-23(35)30-12-18(34)7-8-19-21(29)11-22-20(25(19)28)13-31-33(22)24-6-4-5-9-38-24/h11,13,17,24H,4-10,12,14-16H2,1-3H3,(H,30,35)/t17-,24?/m0/s1. The molecule has 3 heterocycles. The third kappa shape index (κ3) is 7.93. The van der Waals surface area contributed by atoms with E-state index in [4.69, 9.17) is 25.8 Å². The molecule has 4 rings (SSSR count). The predicted molar refractivity (Wildman–Crippen MR) is 149 cm³/mol. The first-order valence-electron chi connectivity index (χ1n) is 13.3. The number of fused-ring (bicyclic) bond motifs is 1. The molecule has 1 aromatic carbocycles. The number of rotatable bonds is 8. The summed E-state index contributed by atoms with van der Waals surface area (Å²) in [4.78, 5) is 38.8. The lowest BCUT2D eigenvalue weighted by molar-refractivity contribution is -0.127. The van der Waals surface area contributed by atoms with Gasteiger partial charge in [-0.1, -0.05) is 11.6 Å². The molecule has 2 atom stereocenters. The van der Waals surface area contributed by atoms with Gasteiger partial charge >= 0.3 is 6.09 Å². The summed E-state index contributed by atoms with van der Waals surface area (Å²) in [6, 6.07) is 1.88. The first kappa shape index (κ1) is 29.8. The number of ketones is 1. The van der Waals surface area contributed by atoms with Gasteiger partial charge in [0.15, 0.2) is 12.0 Å². The molecule has 0 spiro atoms. The molecule has 1 N–H and O–H groups in total. The second-order valence-electron chi connectivity index (χ2n) is 11.1. The summed E-state index contributed by atoms with van der Waals surface area (Å²) in [5, 5.41) is 8.70. The molecular weight excluding hydrogens is 592 g/mol. The van der Waals surface area contributed by atoms with Crippen molar-refractivity contribution in [2.45, 2.75) is 71.1 Å². The minimum atomic E-state index is -0.612. The molecule has 0 radical (unpaired) electrons. The minimum absolute atomic E-state index is 0.0728. The van der Waals surface area contributed by atoms with E-state index in [1.54, 1.807) is 27.0 Å². The zero-order chi connectivity index (χ0) is 28.2. The molecule has 2 aliphatic rings. The zero-order valence-corrected chi connectivity index (χ0v) is 25.0. The van der Waals surface area contributed by atoms with Crippen LogP contribution in [0.25, 0.3) is 10.9 Å². The Morgan fingerprint density at radius 2 is 2.08 bits per heavy atom. The third-order valence-corrected chi connectivity index (χ3v) is 7.90. The van der Waals surface area contributed by atoms with Crippen LogP contribution in [0.3, 0.4) is 0 Å². The normalized spacial score (nSPS) is 20.2. The molecule has 1 unspecified atom stereocenters. The van der Waals surface area contributed by atoms with Gasteiger partial charge in [0, 0.05) is 46.8 Å². The van der Waals surface area contributed by atoms with Crippen LogP contribution in [0.1, 0.15) is 64.7 Å². The average molecular weight is 628 g/mol. The molecular formula is C27H36BrClN4O6. The van der Waals surface area contributed by atoms with Crippen LogP contribution in [0, 0.1) is 5.92 Å². The Morgan fingerprint density at radius 1 is 1.28 bits per heavy atom. The van der Waals surface area contributed by atoms with Gasteiger partial charge in [-0.25, -0.2) is 9.48 Å². The van der Waals surface area contributed by atoms with E-state index in [0.717, 1.165) is 46.8 Å². The molecule has 2 saturated heterocycles. The highest BCUT2D eigenvalue weighted by Gasteiger charge is 2.29. The lowest BCUT2D eigenvalue weighted by atomic mass is 10.0. The Morgan fingerprint density at radius 3 is 2.79 bits per heavy atom. The molecule has 0 bridgehead atoms. The van der Waals surface area contributed by atoms with Crippen molar-refractivity contribution in [3.05, 3.63) is 27.3 Å². The Labute approximate surface area is 241 Å². The summed E-state index contributed by atoms with van der Waals surface area (Å²) in [7, 11) is 0. The second-order valence-corrected chi connectivity index (χ2v) is 12.3. The minimum Gasteiger partial charge on any atom is -0.444 e. The summed E-state index contributed by atoms with van der Waals surface area (Å²) >= 11 is 10.3. The number of hydrogen-bond donors (Lipinski definition) is 1. The molecule has 1 aromatic heterocycles. The Balaban J connectivity index is 1.26. The fourth-order valence-electron chi connectivity index (χ4n) is 4.74. The quantitative estimate of drug-likeness (QED) is 0.438. The number of amides is 2. The van der Waals surface area contributed by atoms with Gasteiger partial charge in [0.25, 0.3) is 0 Å². The number of hydrogen-bond acceptors (Lipinski definition) is 7. The van der Waals surface area contributed by atoms with Crippen molar-refractivity contribution >= 4 is 56.2 Å². The predicted octanol–water partition coefficient (Wildman–Crippen LogP) is 5.00. The number of nitrogens with zero attached hydrogens (tertiary/aromatic N) is 3. The molecule has 214 valence electrons. The molecule has 0 aliphatic carbocycles. The lowest BCUT2D eigenvalue weighted by Crippen LogP contribution is -2.46. The Kier molecular flexibility index (Phi) is 9.90. The van der Waals surface area contributed by atoms with Crippen LogP contribution in [0.4, 0.5) is 4.79 Å². The van der Waals surface area contributed by atoms with Gasteiger partial charge in [-0.2, -0.15) is 5.10 Å². The summed E-state index contributed by atoms with van der Waals surface area (Å²) in [6.45, 7) is 6.88. The molecule has 2 fully saturated rings. The van der Waals surface area contributed by atoms with E-state index in [0.29, 0.717) is 24.6 Å². The molecule has 0 saturated carbocycles. The van der Waals surface area contributed by atoms with Gasteiger partial charge in [0.2, 0.25) is 5.91 Å². The van der Waals surface area contributed by atoms with Gasteiger partial charge < -0.3 is 19.5 Å². The van der Waals surface area contributed by atoms with Gasteiger partial charge in [-0.05, 0) is 74.0 Å². The van der Waals surface area contributed by atoms with E-state index in [9.17, 15) is 14.4 Å². The molecule has 2 aromatic rings. The monoisotopic (exact) mass is 626 g/mol. The number of Topliss-reactive ketones (excluding diaryl/α,β-unsaturated/α-hetero) is 1. The van der Waals surface area contributed by atoms with Crippen LogP contribution < -0.4 is 5.32 Å². The average Bonchev–Trinajstić information content (AvgIpc) is 3.31. The van der Waals surface area contributed by atoms with Crippen molar-refractivity contribution in [2.75, 3.05) is 33.0 Å². The largest absolute Gasteiger partial charge is 0.444 e. The maximum absolute atomic E-state index is 12.6. The number of ether oxygens (including phenoxy) is 3. The van der Waals surface area contributed by atoms with Crippen LogP contribution in [0.5, 0.6) is 0 Å². The van der Waals surface area contributed by atoms with Crippen molar-refractivity contribution in [2.24, 2.45) is 5.92 Å². The summed E-state index contributed by atoms with van der Waals surface area (Å²) in [5.74, 6) is -0.545. The van der Waals surface area contributed by atoms with Gasteiger partial charge in [0.05, 0.1) is 24.9 Å². The first-order valence-corrected chi connectivity index (χ1v) is 14.5. The SMILES string of the molecule is CC(C)(C)OC(=O)N1COC[C@@H](CC(=O)NCC(=O)CCc2c(Cl)cc3c(cnn3C3CCCCO3)c2Br)C1. The van der Waals surface area contributed by atoms with Gasteiger partial charge in [-0.3, -0.25) is 14.5 Å². The summed E-state index contributed by atoms with van der Waals surface area (Å²) in [6.07, 6.45) is 5.07. The van der Waals surface area contributed by atoms with Crippen LogP contribution in [0.2, 0.25) is 5.02 Å². The van der Waals surface area contributed by atoms with Gasteiger partial charge in [0.1, 0.15) is 12.3 Å². The summed E-state index contributed by atoms with van der Waals surface area (Å²) in [5.41, 5.74) is 1.10. The van der Waals surface area contributed by atoms with E-state index >= 15 is 0 Å². The van der Waals surface area contributed by atoms with E-state index in [1.807, 2.05) is 10.7 Å². The Hall–Kier alpha value is -2.21. The van der Waals surface area contributed by atoms with Crippen molar-refractivity contribution < 1.29 is 28.6 Å². The Bertz CT molecular complexity index is 1210. The van der Waals surface area contributed by atoms with Crippen LogP contribution in [-0.4, -0.2) is 71.1 Å². The highest BCUT2D eigenvalue weighted by atomic mass is 79.9. The first-order chi connectivity index (χ1) is 18.5. The number of nitrogens with one attached hydrogen (secondary N) is 1. The van der Waals surface area contributed by atoms with Crippen LogP contribution >= 0.6 is 27.5 Å². The molecule has 10 nitrogen and oxygen atoms in total.